The van der Waals surface area contributed by atoms with Crippen molar-refractivity contribution < 1.29 is 9.53 Å². The van der Waals surface area contributed by atoms with Crippen molar-refractivity contribution in [1.82, 2.24) is 9.78 Å². The zero-order chi connectivity index (χ0) is 14.7. The van der Waals surface area contributed by atoms with Crippen LogP contribution in [0.5, 0.6) is 5.75 Å². The minimum absolute atomic E-state index is 0.200. The van der Waals surface area contributed by atoms with Gasteiger partial charge in [-0.05, 0) is 32.9 Å². The Hall–Kier alpha value is -2.30. The van der Waals surface area contributed by atoms with Crippen molar-refractivity contribution in [2.45, 2.75) is 26.9 Å². The molecule has 1 atom stereocenters. The number of nitrogens with zero attached hydrogens (tertiary/aromatic N) is 2. The number of hydrogen-bond donors (Lipinski definition) is 1. The molecular weight excluding hydrogens is 254 g/mol. The first-order valence-electron chi connectivity index (χ1n) is 6.50. The molecule has 0 bridgehead atoms. The molecule has 0 fully saturated rings. The molecule has 106 valence electrons. The molecule has 0 unspecified atom stereocenters. The van der Waals surface area contributed by atoms with E-state index in [0.717, 1.165) is 11.3 Å². The van der Waals surface area contributed by atoms with Crippen LogP contribution in [0.2, 0.25) is 0 Å². The van der Waals surface area contributed by atoms with Gasteiger partial charge in [0.05, 0.1) is 5.69 Å². The fourth-order valence-electron chi connectivity index (χ4n) is 1.83. The van der Waals surface area contributed by atoms with E-state index in [1.54, 1.807) is 18.7 Å². The highest BCUT2D eigenvalue weighted by atomic mass is 16.5. The van der Waals surface area contributed by atoms with Gasteiger partial charge < -0.3 is 10.1 Å². The lowest BCUT2D eigenvalue weighted by atomic mass is 10.2. The third kappa shape index (κ3) is 3.38. The number of anilines is 1. The summed E-state index contributed by atoms with van der Waals surface area (Å²) in [5.74, 6) is 1.14. The number of nitrogens with one attached hydrogen (secondary N) is 1. The van der Waals surface area contributed by atoms with Crippen LogP contribution in [-0.4, -0.2) is 21.8 Å². The van der Waals surface area contributed by atoms with Crippen LogP contribution >= 0.6 is 0 Å². The highest BCUT2D eigenvalue weighted by Crippen LogP contribution is 2.14. The average molecular weight is 273 g/mol. The van der Waals surface area contributed by atoms with Crippen LogP contribution < -0.4 is 10.1 Å². The lowest BCUT2D eigenvalue weighted by molar-refractivity contribution is -0.122. The van der Waals surface area contributed by atoms with Crippen LogP contribution in [0.3, 0.4) is 0 Å². The Morgan fingerprint density at radius 2 is 1.95 bits per heavy atom. The van der Waals surface area contributed by atoms with Gasteiger partial charge in [-0.3, -0.25) is 9.48 Å². The number of benzene rings is 1. The average Bonchev–Trinajstić information content (AvgIpc) is 2.70. The number of amides is 1. The van der Waals surface area contributed by atoms with Crippen molar-refractivity contribution in [2.75, 3.05) is 5.32 Å². The molecule has 1 heterocycles. The smallest absolute Gasteiger partial charge is 0.266 e. The molecule has 0 radical (unpaired) electrons. The van der Waals surface area contributed by atoms with Gasteiger partial charge in [0, 0.05) is 13.1 Å². The maximum absolute atomic E-state index is 12.1. The number of aryl methyl sites for hydroxylation is 3. The normalized spacial score (nSPS) is 12.0. The van der Waals surface area contributed by atoms with Crippen molar-refractivity contribution in [3.05, 3.63) is 41.6 Å². The number of hydrogen-bond acceptors (Lipinski definition) is 3. The van der Waals surface area contributed by atoms with Gasteiger partial charge in [0.25, 0.3) is 5.91 Å². The zero-order valence-corrected chi connectivity index (χ0v) is 12.2. The molecule has 2 aromatic rings. The lowest BCUT2D eigenvalue weighted by Crippen LogP contribution is -2.30. The first-order chi connectivity index (χ1) is 9.45. The number of rotatable bonds is 4. The van der Waals surface area contributed by atoms with Crippen molar-refractivity contribution >= 4 is 11.7 Å². The van der Waals surface area contributed by atoms with E-state index in [9.17, 15) is 4.79 Å². The van der Waals surface area contributed by atoms with E-state index in [2.05, 4.69) is 10.4 Å². The van der Waals surface area contributed by atoms with Crippen LogP contribution in [0.4, 0.5) is 5.82 Å². The number of aromatic nitrogens is 2. The Morgan fingerprint density at radius 1 is 1.30 bits per heavy atom. The molecule has 1 aromatic heterocycles. The highest BCUT2D eigenvalue weighted by molar-refractivity contribution is 5.93. The minimum Gasteiger partial charge on any atom is -0.481 e. The summed E-state index contributed by atoms with van der Waals surface area (Å²) in [6, 6.07) is 9.42. The molecule has 20 heavy (non-hydrogen) atoms. The fraction of sp³-hybridized carbons (Fsp3) is 0.333. The summed E-state index contributed by atoms with van der Waals surface area (Å²) in [4.78, 5) is 12.1. The van der Waals surface area contributed by atoms with Gasteiger partial charge in [-0.2, -0.15) is 5.10 Å². The summed E-state index contributed by atoms with van der Waals surface area (Å²) in [6.45, 7) is 5.60. The molecular formula is C15H19N3O2. The minimum atomic E-state index is -0.576. The third-order valence-corrected chi connectivity index (χ3v) is 2.96. The molecule has 1 aromatic carbocycles. The molecule has 5 nitrogen and oxygen atoms in total. The molecule has 0 spiro atoms. The van der Waals surface area contributed by atoms with Crippen molar-refractivity contribution in [2.24, 2.45) is 7.05 Å². The summed E-state index contributed by atoms with van der Waals surface area (Å²) in [5, 5.41) is 6.98. The van der Waals surface area contributed by atoms with Crippen LogP contribution in [0, 0.1) is 13.8 Å². The fourth-order valence-corrected chi connectivity index (χ4v) is 1.83. The van der Waals surface area contributed by atoms with Crippen LogP contribution in [-0.2, 0) is 11.8 Å². The van der Waals surface area contributed by atoms with Crippen molar-refractivity contribution in [1.29, 1.82) is 0 Å². The summed E-state index contributed by atoms with van der Waals surface area (Å²) in [6.07, 6.45) is -0.576. The summed E-state index contributed by atoms with van der Waals surface area (Å²) in [7, 11) is 1.79. The molecule has 2 rings (SSSR count). The molecule has 5 heteroatoms. The molecule has 0 aliphatic carbocycles. The molecule has 1 amide bonds. The van der Waals surface area contributed by atoms with Gasteiger partial charge in [0.1, 0.15) is 11.6 Å². The van der Waals surface area contributed by atoms with E-state index in [1.165, 1.54) is 0 Å². The van der Waals surface area contributed by atoms with E-state index in [4.69, 9.17) is 4.74 Å². The first-order valence-corrected chi connectivity index (χ1v) is 6.50. The second kappa shape index (κ2) is 5.77. The first kappa shape index (κ1) is 14.1. The lowest BCUT2D eigenvalue weighted by Gasteiger charge is -2.14. The maximum atomic E-state index is 12.1. The molecule has 0 saturated heterocycles. The Bertz CT molecular complexity index is 602. The van der Waals surface area contributed by atoms with Crippen molar-refractivity contribution in [3.63, 3.8) is 0 Å². The van der Waals surface area contributed by atoms with E-state index < -0.39 is 6.10 Å². The van der Waals surface area contributed by atoms with Crippen LogP contribution in [0.15, 0.2) is 30.3 Å². The topological polar surface area (TPSA) is 56.1 Å². The molecule has 0 saturated carbocycles. The predicted octanol–water partition coefficient (Wildman–Crippen LogP) is 2.44. The van der Waals surface area contributed by atoms with Gasteiger partial charge in [0.2, 0.25) is 0 Å². The van der Waals surface area contributed by atoms with Gasteiger partial charge in [-0.25, -0.2) is 0 Å². The molecule has 0 aliphatic heterocycles. The maximum Gasteiger partial charge on any atom is 0.266 e. The zero-order valence-electron chi connectivity index (χ0n) is 12.2. The molecule has 1 N–H and O–H groups in total. The summed E-state index contributed by atoms with van der Waals surface area (Å²) >= 11 is 0. The Balaban J connectivity index is 1.98. The summed E-state index contributed by atoms with van der Waals surface area (Å²) in [5.41, 5.74) is 2.01. The van der Waals surface area contributed by atoms with Crippen LogP contribution in [0.25, 0.3) is 0 Å². The highest BCUT2D eigenvalue weighted by Gasteiger charge is 2.16. The van der Waals surface area contributed by atoms with Crippen LogP contribution in [0.1, 0.15) is 18.2 Å². The second-order valence-corrected chi connectivity index (χ2v) is 4.86. The largest absolute Gasteiger partial charge is 0.481 e. The third-order valence-electron chi connectivity index (χ3n) is 2.96. The van der Waals surface area contributed by atoms with Gasteiger partial charge >= 0.3 is 0 Å². The Labute approximate surface area is 118 Å². The quantitative estimate of drug-likeness (QED) is 0.931. The number of ether oxygens (including phenoxy) is 1. The van der Waals surface area contributed by atoms with E-state index >= 15 is 0 Å². The van der Waals surface area contributed by atoms with Crippen molar-refractivity contribution in [3.8, 4) is 5.75 Å². The standard InChI is InChI=1S/C15H19N3O2/c1-10-5-7-13(8-6-10)20-12(3)15(19)16-14-9-11(2)17-18(14)4/h5-9,12H,1-4H3,(H,16,19)/t12-/m0/s1. The van der Waals surface area contributed by atoms with Gasteiger partial charge in [0.15, 0.2) is 6.10 Å². The number of carbonyl (C=O) groups is 1. The Morgan fingerprint density at radius 3 is 2.50 bits per heavy atom. The van der Waals surface area contributed by atoms with Gasteiger partial charge in [-0.1, -0.05) is 17.7 Å². The molecule has 0 aliphatic rings. The van der Waals surface area contributed by atoms with E-state index in [1.807, 2.05) is 44.2 Å². The SMILES string of the molecule is Cc1ccc(O[C@@H](C)C(=O)Nc2cc(C)nn2C)cc1. The van der Waals surface area contributed by atoms with Gasteiger partial charge in [-0.15, -0.1) is 0 Å². The van der Waals surface area contributed by atoms with E-state index in [0.29, 0.717) is 11.6 Å². The predicted molar refractivity (Wildman–Crippen MR) is 77.8 cm³/mol. The second-order valence-electron chi connectivity index (χ2n) is 4.86. The number of carbonyl (C=O) groups excluding carboxylic acids is 1. The Kier molecular flexibility index (Phi) is 4.08. The van der Waals surface area contributed by atoms with E-state index in [-0.39, 0.29) is 5.91 Å². The monoisotopic (exact) mass is 273 g/mol. The summed E-state index contributed by atoms with van der Waals surface area (Å²) < 4.78 is 7.24.